The first-order chi connectivity index (χ1) is 9.63. The summed E-state index contributed by atoms with van der Waals surface area (Å²) in [6.45, 7) is 1.62. The second-order valence-corrected chi connectivity index (χ2v) is 5.38. The van der Waals surface area contributed by atoms with Crippen LogP contribution in [-0.2, 0) is 11.3 Å². The summed E-state index contributed by atoms with van der Waals surface area (Å²) in [6, 6.07) is 0. The molecule has 0 aromatic carbocycles. The summed E-state index contributed by atoms with van der Waals surface area (Å²) in [5.74, 6) is 0.104. The van der Waals surface area contributed by atoms with Crippen LogP contribution in [0, 0.1) is 0 Å². The Morgan fingerprint density at radius 3 is 2.90 bits per heavy atom. The van der Waals surface area contributed by atoms with E-state index >= 15 is 0 Å². The van der Waals surface area contributed by atoms with E-state index in [4.69, 9.17) is 0 Å². The number of likely N-dealkylation sites (tertiary alicyclic amines) is 1. The van der Waals surface area contributed by atoms with Gasteiger partial charge in [0.15, 0.2) is 0 Å². The summed E-state index contributed by atoms with van der Waals surface area (Å²) in [5, 5.41) is 23.2. The van der Waals surface area contributed by atoms with E-state index in [1.165, 1.54) is 6.33 Å². The van der Waals surface area contributed by atoms with Gasteiger partial charge in [0.05, 0.1) is 12.2 Å². The number of carbonyl (C=O) groups is 1. The number of nitrogens with zero attached hydrogens (tertiary/aromatic N) is 4. The number of hydrogen-bond donors (Lipinski definition) is 2. The van der Waals surface area contributed by atoms with E-state index in [2.05, 4.69) is 10.1 Å². The first-order valence-corrected chi connectivity index (χ1v) is 7.06. The number of hydrogen-bond acceptors (Lipinski definition) is 5. The average molecular weight is 282 g/mol. The van der Waals surface area contributed by atoms with Crippen molar-refractivity contribution in [2.75, 3.05) is 19.7 Å². The van der Waals surface area contributed by atoms with Gasteiger partial charge in [-0.1, -0.05) is 0 Å². The number of aliphatic hydroxyl groups excluding tert-OH is 1. The van der Waals surface area contributed by atoms with Crippen LogP contribution in [0.15, 0.2) is 12.7 Å². The Labute approximate surface area is 118 Å². The van der Waals surface area contributed by atoms with Gasteiger partial charge < -0.3 is 15.1 Å². The molecule has 2 N–H and O–H groups in total. The predicted octanol–water partition coefficient (Wildman–Crippen LogP) is -0.206. The molecule has 1 amide bonds. The summed E-state index contributed by atoms with van der Waals surface area (Å²) in [5.41, 5.74) is -1.02. The van der Waals surface area contributed by atoms with Crippen LogP contribution in [0.5, 0.6) is 0 Å². The van der Waals surface area contributed by atoms with Crippen molar-refractivity contribution in [2.24, 2.45) is 0 Å². The highest BCUT2D eigenvalue weighted by Gasteiger charge is 2.30. The molecule has 0 radical (unpaired) electrons. The zero-order valence-electron chi connectivity index (χ0n) is 11.6. The van der Waals surface area contributed by atoms with Gasteiger partial charge in [-0.2, -0.15) is 5.10 Å². The fraction of sp³-hybridized carbons (Fsp3) is 0.769. The van der Waals surface area contributed by atoms with Crippen LogP contribution in [0.1, 0.15) is 32.1 Å². The third-order valence-corrected chi connectivity index (χ3v) is 3.81. The molecule has 0 bridgehead atoms. The Morgan fingerprint density at radius 2 is 2.20 bits per heavy atom. The zero-order valence-corrected chi connectivity index (χ0v) is 11.6. The molecule has 1 unspecified atom stereocenters. The van der Waals surface area contributed by atoms with Crippen LogP contribution in [0.25, 0.3) is 0 Å². The molecule has 1 fully saturated rings. The molecule has 20 heavy (non-hydrogen) atoms. The van der Waals surface area contributed by atoms with Gasteiger partial charge in [0, 0.05) is 26.1 Å². The smallest absolute Gasteiger partial charge is 0.222 e. The third-order valence-electron chi connectivity index (χ3n) is 3.81. The molecule has 2 rings (SSSR count). The number of aliphatic hydroxyl groups is 2. The van der Waals surface area contributed by atoms with Gasteiger partial charge >= 0.3 is 0 Å². The van der Waals surface area contributed by atoms with Gasteiger partial charge in [-0.05, 0) is 25.7 Å². The van der Waals surface area contributed by atoms with Crippen LogP contribution in [0.4, 0.5) is 0 Å². The van der Waals surface area contributed by atoms with E-state index in [-0.39, 0.29) is 12.5 Å². The normalized spacial score (nSPS) is 23.6. The Balaban J connectivity index is 1.75. The van der Waals surface area contributed by atoms with Gasteiger partial charge in [-0.3, -0.25) is 9.48 Å². The largest absolute Gasteiger partial charge is 0.393 e. The topological polar surface area (TPSA) is 91.5 Å². The van der Waals surface area contributed by atoms with Gasteiger partial charge in [0.1, 0.15) is 12.7 Å². The fourth-order valence-corrected chi connectivity index (χ4v) is 2.48. The molecule has 1 aliphatic heterocycles. The van der Waals surface area contributed by atoms with E-state index < -0.39 is 5.60 Å². The minimum absolute atomic E-state index is 0.104. The highest BCUT2D eigenvalue weighted by atomic mass is 16.3. The van der Waals surface area contributed by atoms with Crippen molar-refractivity contribution >= 4 is 5.91 Å². The summed E-state index contributed by atoms with van der Waals surface area (Å²) in [7, 11) is 0. The second kappa shape index (κ2) is 6.81. The maximum Gasteiger partial charge on any atom is 0.222 e. The molecule has 7 nitrogen and oxygen atoms in total. The Bertz CT molecular complexity index is 423. The lowest BCUT2D eigenvalue weighted by molar-refractivity contribution is -0.131. The molecule has 1 aliphatic rings. The van der Waals surface area contributed by atoms with Gasteiger partial charge in [0.2, 0.25) is 5.91 Å². The summed E-state index contributed by atoms with van der Waals surface area (Å²) < 4.78 is 1.71. The standard InChI is InChI=1S/C13H22N4O3/c18-9-13(20)4-2-6-16(8-5-13)12(19)3-1-7-17-11-14-10-15-17/h10-11,18,20H,1-9H2. The molecule has 1 aromatic rings. The van der Waals surface area contributed by atoms with Crippen molar-refractivity contribution in [1.29, 1.82) is 0 Å². The first kappa shape index (κ1) is 14.9. The molecule has 2 heterocycles. The van der Waals surface area contributed by atoms with E-state index in [1.54, 1.807) is 15.9 Å². The number of carbonyl (C=O) groups excluding carboxylic acids is 1. The van der Waals surface area contributed by atoms with Crippen molar-refractivity contribution in [3.8, 4) is 0 Å². The predicted molar refractivity (Wildman–Crippen MR) is 71.7 cm³/mol. The molecule has 0 saturated carbocycles. The van der Waals surface area contributed by atoms with Crippen molar-refractivity contribution in [1.82, 2.24) is 19.7 Å². The highest BCUT2D eigenvalue weighted by Crippen LogP contribution is 2.22. The van der Waals surface area contributed by atoms with Crippen LogP contribution in [0.2, 0.25) is 0 Å². The average Bonchev–Trinajstić information content (AvgIpc) is 2.87. The van der Waals surface area contributed by atoms with Crippen molar-refractivity contribution in [3.05, 3.63) is 12.7 Å². The van der Waals surface area contributed by atoms with Gasteiger partial charge in [-0.25, -0.2) is 4.98 Å². The Kier molecular flexibility index (Phi) is 5.08. The maximum atomic E-state index is 12.1. The van der Waals surface area contributed by atoms with Gasteiger partial charge in [-0.15, -0.1) is 0 Å². The zero-order chi connectivity index (χ0) is 14.4. The Morgan fingerprint density at radius 1 is 1.35 bits per heavy atom. The van der Waals surface area contributed by atoms with Gasteiger partial charge in [0.25, 0.3) is 0 Å². The fourth-order valence-electron chi connectivity index (χ4n) is 2.48. The monoisotopic (exact) mass is 282 g/mol. The first-order valence-electron chi connectivity index (χ1n) is 7.06. The maximum absolute atomic E-state index is 12.1. The number of aryl methyl sites for hydroxylation is 1. The lowest BCUT2D eigenvalue weighted by Crippen LogP contribution is -2.36. The molecule has 0 aliphatic carbocycles. The van der Waals surface area contributed by atoms with Crippen LogP contribution < -0.4 is 0 Å². The molecule has 112 valence electrons. The molecule has 7 heteroatoms. The molecule has 1 saturated heterocycles. The van der Waals surface area contributed by atoms with Crippen LogP contribution >= 0.6 is 0 Å². The molecular formula is C13H22N4O3. The SMILES string of the molecule is O=C(CCCn1cncn1)N1CCCC(O)(CO)CC1. The lowest BCUT2D eigenvalue weighted by Gasteiger charge is -2.24. The lowest BCUT2D eigenvalue weighted by atomic mass is 9.96. The van der Waals surface area contributed by atoms with Crippen molar-refractivity contribution in [3.63, 3.8) is 0 Å². The third kappa shape index (κ3) is 4.01. The molecule has 1 atom stereocenters. The number of aromatic nitrogens is 3. The number of amides is 1. The van der Waals surface area contributed by atoms with E-state index in [0.717, 1.165) is 12.8 Å². The minimum Gasteiger partial charge on any atom is -0.393 e. The van der Waals surface area contributed by atoms with Crippen LogP contribution in [0.3, 0.4) is 0 Å². The highest BCUT2D eigenvalue weighted by molar-refractivity contribution is 5.76. The molecular weight excluding hydrogens is 260 g/mol. The molecule has 1 aromatic heterocycles. The number of rotatable bonds is 5. The summed E-state index contributed by atoms with van der Waals surface area (Å²) in [6.07, 6.45) is 6.03. The molecule has 0 spiro atoms. The van der Waals surface area contributed by atoms with Crippen molar-refractivity contribution < 1.29 is 15.0 Å². The van der Waals surface area contributed by atoms with E-state index in [1.807, 2.05) is 0 Å². The van der Waals surface area contributed by atoms with E-state index in [9.17, 15) is 15.0 Å². The van der Waals surface area contributed by atoms with Crippen molar-refractivity contribution in [2.45, 2.75) is 44.2 Å². The minimum atomic E-state index is -1.02. The quantitative estimate of drug-likeness (QED) is 0.780. The Hall–Kier alpha value is -1.47. The second-order valence-electron chi connectivity index (χ2n) is 5.38. The van der Waals surface area contributed by atoms with E-state index in [0.29, 0.717) is 38.9 Å². The summed E-state index contributed by atoms with van der Waals surface area (Å²) in [4.78, 5) is 17.8. The summed E-state index contributed by atoms with van der Waals surface area (Å²) >= 11 is 0. The van der Waals surface area contributed by atoms with Crippen LogP contribution in [-0.4, -0.2) is 61.1 Å².